The number of carbonyl (C=O) groups excluding carboxylic acids is 1. The molecule has 1 fully saturated rings. The summed E-state index contributed by atoms with van der Waals surface area (Å²) >= 11 is 0. The van der Waals surface area contributed by atoms with Crippen molar-refractivity contribution in [1.29, 1.82) is 0 Å². The number of esters is 1. The van der Waals surface area contributed by atoms with Gasteiger partial charge in [0.1, 0.15) is 0 Å². The SMILES string of the molecule is CCOC(=O)[C@@](C)(CC1(C(=O)O)CCCC1)[C@H](C)N(Cc1ccccc1)Cc1ccccc1. The zero-order chi connectivity index (χ0) is 23.9. The zero-order valence-electron chi connectivity index (χ0n) is 20.1. The van der Waals surface area contributed by atoms with Crippen LogP contribution in [-0.4, -0.2) is 34.6 Å². The topological polar surface area (TPSA) is 66.8 Å². The molecule has 1 N–H and O–H groups in total. The molecule has 0 saturated heterocycles. The van der Waals surface area contributed by atoms with Crippen molar-refractivity contribution < 1.29 is 19.4 Å². The van der Waals surface area contributed by atoms with Gasteiger partial charge in [0, 0.05) is 19.1 Å². The molecule has 3 rings (SSSR count). The molecule has 0 spiro atoms. The summed E-state index contributed by atoms with van der Waals surface area (Å²) in [6.07, 6.45) is 3.28. The summed E-state index contributed by atoms with van der Waals surface area (Å²) in [5.41, 5.74) is 0.476. The minimum atomic E-state index is -0.956. The second kappa shape index (κ2) is 11.0. The maximum Gasteiger partial charge on any atom is 0.313 e. The average molecular weight is 452 g/mol. The van der Waals surface area contributed by atoms with Gasteiger partial charge in [0.25, 0.3) is 0 Å². The molecule has 5 heteroatoms. The molecule has 2 aromatic carbocycles. The molecule has 5 nitrogen and oxygen atoms in total. The monoisotopic (exact) mass is 451 g/mol. The number of carboxylic acid groups (broad SMARTS) is 1. The van der Waals surface area contributed by atoms with E-state index in [0.29, 0.717) is 25.9 Å². The first kappa shape index (κ1) is 25.0. The summed E-state index contributed by atoms with van der Waals surface area (Å²) < 4.78 is 5.56. The van der Waals surface area contributed by atoms with Crippen molar-refractivity contribution in [2.75, 3.05) is 6.61 Å². The zero-order valence-corrected chi connectivity index (χ0v) is 20.1. The molecule has 0 unspecified atom stereocenters. The van der Waals surface area contributed by atoms with E-state index < -0.39 is 16.8 Å². The first-order valence-electron chi connectivity index (χ1n) is 12.0. The molecular weight excluding hydrogens is 414 g/mol. The Labute approximate surface area is 197 Å². The van der Waals surface area contributed by atoms with Gasteiger partial charge in [-0.3, -0.25) is 14.5 Å². The summed E-state index contributed by atoms with van der Waals surface area (Å²) in [7, 11) is 0. The summed E-state index contributed by atoms with van der Waals surface area (Å²) in [6.45, 7) is 7.35. The number of hydrogen-bond acceptors (Lipinski definition) is 4. The number of aliphatic carboxylic acids is 1. The van der Waals surface area contributed by atoms with Crippen molar-refractivity contribution in [2.24, 2.45) is 10.8 Å². The average Bonchev–Trinajstić information content (AvgIpc) is 3.29. The minimum absolute atomic E-state index is 0.228. The number of hydrogen-bond donors (Lipinski definition) is 1. The third-order valence-corrected chi connectivity index (χ3v) is 7.39. The van der Waals surface area contributed by atoms with Crippen LogP contribution in [0.15, 0.2) is 60.7 Å². The molecule has 33 heavy (non-hydrogen) atoms. The number of benzene rings is 2. The van der Waals surface area contributed by atoms with E-state index in [9.17, 15) is 14.7 Å². The van der Waals surface area contributed by atoms with Crippen LogP contribution in [0.5, 0.6) is 0 Å². The van der Waals surface area contributed by atoms with Gasteiger partial charge < -0.3 is 9.84 Å². The number of ether oxygens (including phenoxy) is 1. The Bertz CT molecular complexity index is 867. The molecule has 0 heterocycles. The Morgan fingerprint density at radius 2 is 1.48 bits per heavy atom. The van der Waals surface area contributed by atoms with Gasteiger partial charge in [0.15, 0.2) is 0 Å². The Morgan fingerprint density at radius 1 is 1.00 bits per heavy atom. The van der Waals surface area contributed by atoms with Gasteiger partial charge in [0.05, 0.1) is 17.4 Å². The van der Waals surface area contributed by atoms with Gasteiger partial charge in [0.2, 0.25) is 0 Å². The molecule has 178 valence electrons. The lowest BCUT2D eigenvalue weighted by molar-refractivity contribution is -0.166. The second-order valence-electron chi connectivity index (χ2n) is 9.66. The van der Waals surface area contributed by atoms with Gasteiger partial charge in [-0.25, -0.2) is 0 Å². The lowest BCUT2D eigenvalue weighted by Gasteiger charge is -2.44. The fraction of sp³-hybridized carbons (Fsp3) is 0.500. The molecule has 2 aromatic rings. The van der Waals surface area contributed by atoms with Crippen molar-refractivity contribution in [3.8, 4) is 0 Å². The summed E-state index contributed by atoms with van der Waals surface area (Å²) in [5.74, 6) is -1.10. The van der Waals surface area contributed by atoms with Crippen LogP contribution < -0.4 is 0 Å². The van der Waals surface area contributed by atoms with Gasteiger partial charge in [-0.2, -0.15) is 0 Å². The third-order valence-electron chi connectivity index (χ3n) is 7.39. The lowest BCUT2D eigenvalue weighted by atomic mass is 9.67. The molecule has 0 bridgehead atoms. The van der Waals surface area contributed by atoms with Gasteiger partial charge >= 0.3 is 11.9 Å². The van der Waals surface area contributed by atoms with Crippen LogP contribution in [0.25, 0.3) is 0 Å². The number of rotatable bonds is 11. The Balaban J connectivity index is 1.98. The van der Waals surface area contributed by atoms with E-state index in [2.05, 4.69) is 29.2 Å². The summed E-state index contributed by atoms with van der Waals surface area (Å²) in [4.78, 5) is 28.1. The number of carbonyl (C=O) groups is 2. The highest BCUT2D eigenvalue weighted by Crippen LogP contribution is 2.49. The quantitative estimate of drug-likeness (QED) is 0.445. The third kappa shape index (κ3) is 5.83. The largest absolute Gasteiger partial charge is 0.481 e. The summed E-state index contributed by atoms with van der Waals surface area (Å²) in [5, 5.41) is 10.2. The molecule has 0 amide bonds. The lowest BCUT2D eigenvalue weighted by Crippen LogP contribution is -2.52. The fourth-order valence-electron chi connectivity index (χ4n) is 5.28. The van der Waals surface area contributed by atoms with Crippen LogP contribution >= 0.6 is 0 Å². The maximum atomic E-state index is 13.4. The highest BCUT2D eigenvalue weighted by Gasteiger charge is 2.53. The standard InChI is InChI=1S/C28H37NO4/c1-4-33-26(32)27(3,21-28(25(30)31)17-11-12-18-28)22(2)29(19-23-13-7-5-8-14-23)20-24-15-9-6-10-16-24/h5-10,13-16,22H,4,11-12,17-21H2,1-3H3,(H,30,31)/t22-,27-/m0/s1. The van der Waals surface area contributed by atoms with E-state index in [1.807, 2.05) is 50.2 Å². The molecular formula is C28H37NO4. The van der Waals surface area contributed by atoms with Gasteiger partial charge in [-0.1, -0.05) is 73.5 Å². The predicted octanol–water partition coefficient (Wildman–Crippen LogP) is 5.68. The summed E-state index contributed by atoms with van der Waals surface area (Å²) in [6, 6.07) is 20.2. The van der Waals surface area contributed by atoms with E-state index in [0.717, 1.165) is 24.0 Å². The van der Waals surface area contributed by atoms with Crippen molar-refractivity contribution in [2.45, 2.75) is 72.0 Å². The van der Waals surface area contributed by atoms with Crippen LogP contribution in [0.2, 0.25) is 0 Å². The van der Waals surface area contributed by atoms with E-state index in [1.54, 1.807) is 6.92 Å². The Morgan fingerprint density at radius 3 is 1.91 bits per heavy atom. The highest BCUT2D eigenvalue weighted by atomic mass is 16.5. The van der Waals surface area contributed by atoms with E-state index in [-0.39, 0.29) is 25.0 Å². The van der Waals surface area contributed by atoms with E-state index in [1.165, 1.54) is 0 Å². The van der Waals surface area contributed by atoms with Crippen LogP contribution in [-0.2, 0) is 27.4 Å². The van der Waals surface area contributed by atoms with Crippen LogP contribution in [0.4, 0.5) is 0 Å². The van der Waals surface area contributed by atoms with Gasteiger partial charge in [-0.05, 0) is 51.2 Å². The van der Waals surface area contributed by atoms with E-state index >= 15 is 0 Å². The van der Waals surface area contributed by atoms with Gasteiger partial charge in [-0.15, -0.1) is 0 Å². The van der Waals surface area contributed by atoms with Crippen molar-refractivity contribution in [3.63, 3.8) is 0 Å². The van der Waals surface area contributed by atoms with Crippen LogP contribution in [0, 0.1) is 10.8 Å². The van der Waals surface area contributed by atoms with Crippen molar-refractivity contribution in [1.82, 2.24) is 4.90 Å². The minimum Gasteiger partial charge on any atom is -0.481 e. The smallest absolute Gasteiger partial charge is 0.313 e. The number of nitrogens with zero attached hydrogens (tertiary/aromatic N) is 1. The molecule has 0 radical (unpaired) electrons. The predicted molar refractivity (Wildman–Crippen MR) is 129 cm³/mol. The van der Waals surface area contributed by atoms with Crippen molar-refractivity contribution >= 4 is 11.9 Å². The Kier molecular flexibility index (Phi) is 8.30. The molecule has 0 aliphatic heterocycles. The van der Waals surface area contributed by atoms with Crippen molar-refractivity contribution in [3.05, 3.63) is 71.8 Å². The normalized spacial score (nSPS) is 17.9. The highest BCUT2D eigenvalue weighted by molar-refractivity contribution is 5.80. The van der Waals surface area contributed by atoms with Crippen LogP contribution in [0.3, 0.4) is 0 Å². The first-order valence-corrected chi connectivity index (χ1v) is 12.0. The Hall–Kier alpha value is -2.66. The maximum absolute atomic E-state index is 13.4. The van der Waals surface area contributed by atoms with E-state index in [4.69, 9.17) is 4.74 Å². The fourth-order valence-corrected chi connectivity index (χ4v) is 5.28. The first-order chi connectivity index (χ1) is 15.8. The molecule has 0 aromatic heterocycles. The molecule has 2 atom stereocenters. The number of carboxylic acids is 1. The second-order valence-corrected chi connectivity index (χ2v) is 9.66. The molecule has 1 saturated carbocycles. The molecule has 1 aliphatic rings. The molecule has 1 aliphatic carbocycles. The van der Waals surface area contributed by atoms with Crippen LogP contribution in [0.1, 0.15) is 64.0 Å².